The van der Waals surface area contributed by atoms with Crippen molar-refractivity contribution in [3.05, 3.63) is 35.9 Å². The first-order valence-corrected chi connectivity index (χ1v) is 9.31. The second kappa shape index (κ2) is 8.85. The van der Waals surface area contributed by atoms with Crippen LogP contribution >= 0.6 is 0 Å². The van der Waals surface area contributed by atoms with Gasteiger partial charge in [0.2, 0.25) is 5.91 Å². The first-order chi connectivity index (χ1) is 12.7. The van der Waals surface area contributed by atoms with Crippen LogP contribution in [-0.2, 0) is 4.79 Å². The first-order valence-electron chi connectivity index (χ1n) is 9.31. The van der Waals surface area contributed by atoms with Crippen LogP contribution in [0.5, 0.6) is 5.75 Å². The summed E-state index contributed by atoms with van der Waals surface area (Å²) < 4.78 is 5.20. The molecule has 2 heterocycles. The lowest BCUT2D eigenvalue weighted by Crippen LogP contribution is -2.41. The van der Waals surface area contributed by atoms with Crippen molar-refractivity contribution >= 4 is 17.5 Å². The molecule has 1 N–H and O–H groups in total. The van der Waals surface area contributed by atoms with E-state index < -0.39 is 0 Å². The standard InChI is InChI=1S/C20H27N3O3/c1-26-18-7-5-16(6-8-18)17-9-14-22(15-10-17)12-3-11-21-20(25)23-13-2-4-19(23)24/h5-9H,2-4,10-15H2,1H3,(H,21,25). The molecule has 2 aliphatic heterocycles. The van der Waals surface area contributed by atoms with Gasteiger partial charge in [0, 0.05) is 39.1 Å². The lowest BCUT2D eigenvalue weighted by atomic mass is 9.99. The summed E-state index contributed by atoms with van der Waals surface area (Å²) in [5.74, 6) is 0.819. The number of nitrogens with one attached hydrogen (secondary N) is 1. The number of carbonyl (C=O) groups is 2. The minimum Gasteiger partial charge on any atom is -0.497 e. The van der Waals surface area contributed by atoms with Crippen molar-refractivity contribution < 1.29 is 14.3 Å². The number of hydrogen-bond acceptors (Lipinski definition) is 4. The number of ether oxygens (including phenoxy) is 1. The Kier molecular flexibility index (Phi) is 6.28. The number of hydrogen-bond donors (Lipinski definition) is 1. The van der Waals surface area contributed by atoms with Gasteiger partial charge in [-0.2, -0.15) is 0 Å². The van der Waals surface area contributed by atoms with Crippen LogP contribution in [0.3, 0.4) is 0 Å². The Morgan fingerprint density at radius 2 is 2.00 bits per heavy atom. The second-order valence-electron chi connectivity index (χ2n) is 6.74. The molecule has 6 heteroatoms. The molecule has 1 saturated heterocycles. The Bertz CT molecular complexity index is 669. The predicted molar refractivity (Wildman–Crippen MR) is 101 cm³/mol. The van der Waals surface area contributed by atoms with E-state index in [2.05, 4.69) is 28.4 Å². The van der Waals surface area contributed by atoms with E-state index in [0.29, 0.717) is 19.5 Å². The van der Waals surface area contributed by atoms with Gasteiger partial charge in [-0.15, -0.1) is 0 Å². The summed E-state index contributed by atoms with van der Waals surface area (Å²) in [4.78, 5) is 27.2. The summed E-state index contributed by atoms with van der Waals surface area (Å²) in [7, 11) is 1.68. The number of amides is 3. The van der Waals surface area contributed by atoms with E-state index in [9.17, 15) is 9.59 Å². The minimum absolute atomic E-state index is 0.0604. The molecule has 140 valence electrons. The van der Waals surface area contributed by atoms with E-state index in [1.807, 2.05) is 12.1 Å². The predicted octanol–water partition coefficient (Wildman–Crippen LogP) is 2.51. The maximum absolute atomic E-state index is 11.9. The fraction of sp³-hybridized carbons (Fsp3) is 0.500. The lowest BCUT2D eigenvalue weighted by molar-refractivity contribution is -0.125. The third-order valence-corrected chi connectivity index (χ3v) is 5.00. The van der Waals surface area contributed by atoms with Gasteiger partial charge in [-0.3, -0.25) is 14.6 Å². The van der Waals surface area contributed by atoms with Gasteiger partial charge in [-0.25, -0.2) is 4.79 Å². The molecule has 0 aromatic heterocycles. The number of rotatable bonds is 6. The average molecular weight is 357 g/mol. The minimum atomic E-state index is -0.243. The van der Waals surface area contributed by atoms with E-state index in [4.69, 9.17) is 4.74 Å². The summed E-state index contributed by atoms with van der Waals surface area (Å²) >= 11 is 0. The van der Waals surface area contributed by atoms with Crippen molar-refractivity contribution in [3.8, 4) is 5.75 Å². The molecular formula is C20H27N3O3. The van der Waals surface area contributed by atoms with Gasteiger partial charge >= 0.3 is 6.03 Å². The van der Waals surface area contributed by atoms with Crippen LogP contribution in [0.1, 0.15) is 31.2 Å². The zero-order valence-electron chi connectivity index (χ0n) is 15.4. The summed E-state index contributed by atoms with van der Waals surface area (Å²) in [6.07, 6.45) is 5.47. The van der Waals surface area contributed by atoms with Crippen LogP contribution in [0.2, 0.25) is 0 Å². The summed E-state index contributed by atoms with van der Waals surface area (Å²) in [6.45, 7) is 4.06. The summed E-state index contributed by atoms with van der Waals surface area (Å²) in [5.41, 5.74) is 2.64. The Labute approximate surface area is 154 Å². The Balaban J connectivity index is 1.37. The van der Waals surface area contributed by atoms with Gasteiger partial charge in [-0.1, -0.05) is 18.2 Å². The van der Waals surface area contributed by atoms with E-state index in [1.165, 1.54) is 16.0 Å². The third-order valence-electron chi connectivity index (χ3n) is 5.00. The van der Waals surface area contributed by atoms with Crippen LogP contribution < -0.4 is 10.1 Å². The molecule has 0 saturated carbocycles. The van der Waals surface area contributed by atoms with Crippen molar-refractivity contribution in [2.75, 3.05) is 39.8 Å². The molecule has 2 aliphatic rings. The fourth-order valence-electron chi connectivity index (χ4n) is 3.44. The van der Waals surface area contributed by atoms with E-state index in [-0.39, 0.29) is 11.9 Å². The van der Waals surface area contributed by atoms with Crippen LogP contribution in [-0.4, -0.2) is 61.6 Å². The molecule has 0 spiro atoms. The van der Waals surface area contributed by atoms with Crippen LogP contribution in [0.15, 0.2) is 30.3 Å². The summed E-state index contributed by atoms with van der Waals surface area (Å²) in [6, 6.07) is 7.96. The molecule has 0 aliphatic carbocycles. The number of likely N-dealkylation sites (tertiary alicyclic amines) is 1. The first kappa shape index (κ1) is 18.5. The highest BCUT2D eigenvalue weighted by molar-refractivity contribution is 5.95. The number of benzene rings is 1. The largest absolute Gasteiger partial charge is 0.497 e. The van der Waals surface area contributed by atoms with Crippen molar-refractivity contribution in [3.63, 3.8) is 0 Å². The smallest absolute Gasteiger partial charge is 0.324 e. The molecule has 1 aromatic carbocycles. The molecule has 0 bridgehead atoms. The van der Waals surface area contributed by atoms with Crippen LogP contribution in [0.4, 0.5) is 4.79 Å². The fourth-order valence-corrected chi connectivity index (χ4v) is 3.44. The molecular weight excluding hydrogens is 330 g/mol. The van der Waals surface area contributed by atoms with Gasteiger partial charge in [0.1, 0.15) is 5.75 Å². The Morgan fingerprint density at radius 1 is 1.19 bits per heavy atom. The molecule has 0 unspecified atom stereocenters. The summed E-state index contributed by atoms with van der Waals surface area (Å²) in [5, 5.41) is 2.85. The molecule has 3 amide bonds. The van der Waals surface area contributed by atoms with E-state index >= 15 is 0 Å². The zero-order valence-corrected chi connectivity index (χ0v) is 15.4. The Hall–Kier alpha value is -2.34. The molecule has 6 nitrogen and oxygen atoms in total. The average Bonchev–Trinajstić information content (AvgIpc) is 3.12. The maximum atomic E-state index is 11.9. The van der Waals surface area contributed by atoms with Gasteiger partial charge in [0.05, 0.1) is 7.11 Å². The van der Waals surface area contributed by atoms with Crippen LogP contribution in [0, 0.1) is 0 Å². The lowest BCUT2D eigenvalue weighted by Gasteiger charge is -2.26. The maximum Gasteiger partial charge on any atom is 0.324 e. The van der Waals surface area contributed by atoms with Crippen molar-refractivity contribution in [1.82, 2.24) is 15.1 Å². The molecule has 1 fully saturated rings. The van der Waals surface area contributed by atoms with Crippen LogP contribution in [0.25, 0.3) is 5.57 Å². The highest BCUT2D eigenvalue weighted by atomic mass is 16.5. The normalized spacial score (nSPS) is 18.0. The molecule has 1 aromatic rings. The Morgan fingerprint density at radius 3 is 2.62 bits per heavy atom. The molecule has 3 rings (SSSR count). The van der Waals surface area contributed by atoms with Gasteiger partial charge < -0.3 is 10.1 Å². The molecule has 0 atom stereocenters. The zero-order chi connectivity index (χ0) is 18.4. The highest BCUT2D eigenvalue weighted by Crippen LogP contribution is 2.24. The second-order valence-corrected chi connectivity index (χ2v) is 6.74. The van der Waals surface area contributed by atoms with E-state index in [1.54, 1.807) is 7.11 Å². The quantitative estimate of drug-likeness (QED) is 0.795. The highest BCUT2D eigenvalue weighted by Gasteiger charge is 2.25. The third kappa shape index (κ3) is 4.64. The number of imide groups is 1. The van der Waals surface area contributed by atoms with Crippen molar-refractivity contribution in [1.29, 1.82) is 0 Å². The van der Waals surface area contributed by atoms with Gasteiger partial charge in [0.15, 0.2) is 0 Å². The van der Waals surface area contributed by atoms with Crippen molar-refractivity contribution in [2.45, 2.75) is 25.7 Å². The van der Waals surface area contributed by atoms with Gasteiger partial charge in [0.25, 0.3) is 0 Å². The molecule has 26 heavy (non-hydrogen) atoms. The SMILES string of the molecule is COc1ccc(C2=CCN(CCCNC(=O)N3CCCC3=O)CC2)cc1. The van der Waals surface area contributed by atoms with E-state index in [0.717, 1.165) is 44.6 Å². The number of nitrogens with zero attached hydrogens (tertiary/aromatic N) is 2. The topological polar surface area (TPSA) is 61.9 Å². The number of urea groups is 1. The molecule has 0 radical (unpaired) electrons. The van der Waals surface area contributed by atoms with Crippen molar-refractivity contribution in [2.24, 2.45) is 0 Å². The number of methoxy groups -OCH3 is 1. The van der Waals surface area contributed by atoms with Gasteiger partial charge in [-0.05, 0) is 42.5 Å². The monoisotopic (exact) mass is 357 g/mol. The number of carbonyl (C=O) groups excluding carboxylic acids is 2.